The summed E-state index contributed by atoms with van der Waals surface area (Å²) in [6.45, 7) is 1.93. The van der Waals surface area contributed by atoms with E-state index in [0.717, 1.165) is 18.4 Å². The van der Waals surface area contributed by atoms with Gasteiger partial charge in [0.1, 0.15) is 0 Å². The van der Waals surface area contributed by atoms with Crippen molar-refractivity contribution in [2.24, 2.45) is 0 Å². The van der Waals surface area contributed by atoms with Crippen LogP contribution in [-0.2, 0) is 6.42 Å². The summed E-state index contributed by atoms with van der Waals surface area (Å²) in [6.07, 6.45) is 1.84. The maximum absolute atomic E-state index is 10.7. The maximum atomic E-state index is 10.7. The largest absolute Gasteiger partial charge is 0.478 e. The fraction of sp³-hybridized carbons (Fsp3) is 0.417. The van der Waals surface area contributed by atoms with Gasteiger partial charge in [0.25, 0.3) is 0 Å². The highest BCUT2D eigenvalue weighted by Gasteiger charge is 2.05. The molecule has 1 aromatic rings. The van der Waals surface area contributed by atoms with E-state index in [1.807, 2.05) is 13.0 Å². The van der Waals surface area contributed by atoms with E-state index in [9.17, 15) is 9.90 Å². The van der Waals surface area contributed by atoms with Crippen LogP contribution in [0.25, 0.3) is 0 Å². The number of aliphatic hydroxyl groups excluding tert-OH is 1. The van der Waals surface area contributed by atoms with Gasteiger partial charge in [-0.05, 0) is 37.0 Å². The molecule has 15 heavy (non-hydrogen) atoms. The maximum Gasteiger partial charge on any atom is 0.335 e. The van der Waals surface area contributed by atoms with E-state index in [0.29, 0.717) is 12.0 Å². The first-order valence-corrected chi connectivity index (χ1v) is 5.13. The van der Waals surface area contributed by atoms with Gasteiger partial charge in [-0.15, -0.1) is 0 Å². The highest BCUT2D eigenvalue weighted by atomic mass is 16.4. The lowest BCUT2D eigenvalue weighted by Gasteiger charge is -2.07. The Kier molecular flexibility index (Phi) is 4.31. The number of carbonyl (C=O) groups is 1. The van der Waals surface area contributed by atoms with Crippen molar-refractivity contribution in [3.8, 4) is 0 Å². The number of carboxylic acid groups (broad SMARTS) is 1. The molecule has 0 aromatic heterocycles. The van der Waals surface area contributed by atoms with Crippen LogP contribution in [0.1, 0.15) is 35.7 Å². The van der Waals surface area contributed by atoms with Crippen molar-refractivity contribution in [3.05, 3.63) is 35.4 Å². The monoisotopic (exact) mass is 208 g/mol. The Morgan fingerprint density at radius 3 is 2.80 bits per heavy atom. The zero-order valence-corrected chi connectivity index (χ0v) is 8.81. The van der Waals surface area contributed by atoms with Crippen molar-refractivity contribution >= 4 is 5.97 Å². The molecule has 0 radical (unpaired) electrons. The molecule has 1 atom stereocenters. The van der Waals surface area contributed by atoms with Crippen LogP contribution in [0.5, 0.6) is 0 Å². The van der Waals surface area contributed by atoms with Gasteiger partial charge in [-0.1, -0.05) is 19.1 Å². The normalized spacial score (nSPS) is 12.4. The fourth-order valence-electron chi connectivity index (χ4n) is 1.40. The van der Waals surface area contributed by atoms with Crippen molar-refractivity contribution in [2.45, 2.75) is 32.3 Å². The Hall–Kier alpha value is -1.35. The van der Waals surface area contributed by atoms with Crippen LogP contribution in [0, 0.1) is 0 Å². The predicted molar refractivity (Wildman–Crippen MR) is 58.0 cm³/mol. The van der Waals surface area contributed by atoms with Gasteiger partial charge in [-0.3, -0.25) is 0 Å². The minimum atomic E-state index is -0.909. The average Bonchev–Trinajstić information content (AvgIpc) is 2.26. The Bertz CT molecular complexity index is 333. The van der Waals surface area contributed by atoms with E-state index in [-0.39, 0.29) is 6.10 Å². The van der Waals surface area contributed by atoms with Gasteiger partial charge in [-0.2, -0.15) is 0 Å². The lowest BCUT2D eigenvalue weighted by atomic mass is 10.0. The minimum Gasteiger partial charge on any atom is -0.478 e. The van der Waals surface area contributed by atoms with Gasteiger partial charge in [-0.25, -0.2) is 4.79 Å². The molecule has 0 bridgehead atoms. The molecule has 0 aliphatic rings. The van der Waals surface area contributed by atoms with Crippen molar-refractivity contribution in [1.29, 1.82) is 0 Å². The summed E-state index contributed by atoms with van der Waals surface area (Å²) in [5.41, 5.74) is 1.26. The third kappa shape index (κ3) is 3.72. The van der Waals surface area contributed by atoms with E-state index in [2.05, 4.69) is 0 Å². The molecule has 0 saturated heterocycles. The van der Waals surface area contributed by atoms with Gasteiger partial charge < -0.3 is 10.2 Å². The van der Waals surface area contributed by atoms with Crippen LogP contribution in [-0.4, -0.2) is 22.3 Å². The second-order valence-electron chi connectivity index (χ2n) is 3.61. The second-order valence-corrected chi connectivity index (χ2v) is 3.61. The first kappa shape index (κ1) is 11.7. The van der Waals surface area contributed by atoms with Gasteiger partial charge in [0.2, 0.25) is 0 Å². The predicted octanol–water partition coefficient (Wildman–Crippen LogP) is 2.09. The number of aryl methyl sites for hydroxylation is 1. The molecule has 0 amide bonds. The van der Waals surface area contributed by atoms with Crippen LogP contribution in [0.15, 0.2) is 24.3 Å². The van der Waals surface area contributed by atoms with Crippen LogP contribution < -0.4 is 0 Å². The SMILES string of the molecule is CCC(O)CCc1cccc(C(=O)O)c1. The highest BCUT2D eigenvalue weighted by Crippen LogP contribution is 2.10. The van der Waals surface area contributed by atoms with Crippen LogP contribution in [0.4, 0.5) is 0 Å². The molecule has 1 aromatic carbocycles. The quantitative estimate of drug-likeness (QED) is 0.779. The molecule has 0 aliphatic heterocycles. The van der Waals surface area contributed by atoms with E-state index in [4.69, 9.17) is 5.11 Å². The summed E-state index contributed by atoms with van der Waals surface area (Å²) in [5, 5.41) is 18.2. The summed E-state index contributed by atoms with van der Waals surface area (Å²) in [7, 11) is 0. The molecule has 1 rings (SSSR count). The number of aliphatic hydroxyl groups is 1. The number of benzene rings is 1. The fourth-order valence-corrected chi connectivity index (χ4v) is 1.40. The van der Waals surface area contributed by atoms with Crippen LogP contribution >= 0.6 is 0 Å². The number of rotatable bonds is 5. The molecule has 0 spiro atoms. The lowest BCUT2D eigenvalue weighted by Crippen LogP contribution is -2.06. The Morgan fingerprint density at radius 1 is 1.47 bits per heavy atom. The number of hydrogen-bond acceptors (Lipinski definition) is 2. The van der Waals surface area contributed by atoms with Crippen LogP contribution in [0.2, 0.25) is 0 Å². The minimum absolute atomic E-state index is 0.293. The standard InChI is InChI=1S/C12H16O3/c1-2-11(13)7-6-9-4-3-5-10(8-9)12(14)15/h3-5,8,11,13H,2,6-7H2,1H3,(H,14,15). The molecule has 1 unspecified atom stereocenters. The smallest absolute Gasteiger partial charge is 0.335 e. The van der Waals surface area contributed by atoms with E-state index in [1.54, 1.807) is 18.2 Å². The van der Waals surface area contributed by atoms with Gasteiger partial charge in [0, 0.05) is 0 Å². The topological polar surface area (TPSA) is 57.5 Å². The van der Waals surface area contributed by atoms with Gasteiger partial charge in [0.15, 0.2) is 0 Å². The zero-order chi connectivity index (χ0) is 11.3. The van der Waals surface area contributed by atoms with Crippen molar-refractivity contribution in [1.82, 2.24) is 0 Å². The molecule has 0 saturated carbocycles. The summed E-state index contributed by atoms with van der Waals surface area (Å²) in [5.74, 6) is -0.909. The summed E-state index contributed by atoms with van der Waals surface area (Å²) >= 11 is 0. The third-order valence-electron chi connectivity index (χ3n) is 2.41. The van der Waals surface area contributed by atoms with Gasteiger partial charge >= 0.3 is 5.97 Å². The second kappa shape index (κ2) is 5.51. The molecule has 3 nitrogen and oxygen atoms in total. The number of carboxylic acids is 1. The number of aromatic carboxylic acids is 1. The lowest BCUT2D eigenvalue weighted by molar-refractivity contribution is 0.0697. The van der Waals surface area contributed by atoms with Crippen molar-refractivity contribution in [3.63, 3.8) is 0 Å². The Balaban J connectivity index is 2.62. The van der Waals surface area contributed by atoms with Crippen molar-refractivity contribution < 1.29 is 15.0 Å². The summed E-state index contributed by atoms with van der Waals surface area (Å²) in [6, 6.07) is 6.85. The molecule has 3 heteroatoms. The first-order chi connectivity index (χ1) is 7.13. The molecule has 0 aliphatic carbocycles. The molecular weight excluding hydrogens is 192 g/mol. The molecule has 82 valence electrons. The Labute approximate surface area is 89.4 Å². The molecule has 0 fully saturated rings. The summed E-state index contributed by atoms with van der Waals surface area (Å²) in [4.78, 5) is 10.7. The zero-order valence-electron chi connectivity index (χ0n) is 8.81. The van der Waals surface area contributed by atoms with Crippen molar-refractivity contribution in [2.75, 3.05) is 0 Å². The highest BCUT2D eigenvalue weighted by molar-refractivity contribution is 5.87. The molecular formula is C12H16O3. The molecule has 0 heterocycles. The Morgan fingerprint density at radius 2 is 2.20 bits per heavy atom. The van der Waals surface area contributed by atoms with E-state index < -0.39 is 5.97 Å². The van der Waals surface area contributed by atoms with Crippen LogP contribution in [0.3, 0.4) is 0 Å². The first-order valence-electron chi connectivity index (χ1n) is 5.13. The van der Waals surface area contributed by atoms with E-state index >= 15 is 0 Å². The van der Waals surface area contributed by atoms with Gasteiger partial charge in [0.05, 0.1) is 11.7 Å². The average molecular weight is 208 g/mol. The molecule has 2 N–H and O–H groups in total. The third-order valence-corrected chi connectivity index (χ3v) is 2.41. The van der Waals surface area contributed by atoms with E-state index in [1.165, 1.54) is 0 Å². The number of hydrogen-bond donors (Lipinski definition) is 2. The summed E-state index contributed by atoms with van der Waals surface area (Å²) < 4.78 is 0.